The van der Waals surface area contributed by atoms with Crippen LogP contribution in [0.3, 0.4) is 0 Å². The Morgan fingerprint density at radius 2 is 1.67 bits per heavy atom. The van der Waals surface area contributed by atoms with Crippen molar-refractivity contribution in [2.24, 2.45) is 5.92 Å². The molecule has 0 radical (unpaired) electrons. The predicted octanol–water partition coefficient (Wildman–Crippen LogP) is 0.527. The first-order valence-electron chi connectivity index (χ1n) is 4.55. The molecule has 0 saturated heterocycles. The lowest BCUT2D eigenvalue weighted by Crippen LogP contribution is -2.17. The van der Waals surface area contributed by atoms with Crippen LogP contribution in [0.2, 0.25) is 0 Å². The van der Waals surface area contributed by atoms with Crippen LogP contribution in [0.1, 0.15) is 33.1 Å². The standard InChI is InChI=1S/C9H20O3/c1-7(2)9(12)5-3-4-8(11)6-10/h7-12H,3-6H2,1-2H3. The van der Waals surface area contributed by atoms with Crippen LogP contribution >= 0.6 is 0 Å². The average molecular weight is 176 g/mol. The topological polar surface area (TPSA) is 60.7 Å². The van der Waals surface area contributed by atoms with E-state index in [0.29, 0.717) is 12.8 Å². The molecular weight excluding hydrogens is 156 g/mol. The first-order chi connectivity index (χ1) is 5.57. The van der Waals surface area contributed by atoms with Gasteiger partial charge in [-0.05, 0) is 25.2 Å². The zero-order valence-corrected chi connectivity index (χ0v) is 7.90. The van der Waals surface area contributed by atoms with Gasteiger partial charge in [0.25, 0.3) is 0 Å². The Hall–Kier alpha value is -0.120. The summed E-state index contributed by atoms with van der Waals surface area (Å²) in [5.74, 6) is 0.274. The molecule has 0 aromatic rings. The summed E-state index contributed by atoms with van der Waals surface area (Å²) in [6.45, 7) is 3.75. The van der Waals surface area contributed by atoms with Crippen molar-refractivity contribution in [3.63, 3.8) is 0 Å². The van der Waals surface area contributed by atoms with Crippen molar-refractivity contribution in [2.45, 2.75) is 45.3 Å². The molecular formula is C9H20O3. The first kappa shape index (κ1) is 11.9. The largest absolute Gasteiger partial charge is 0.394 e. The molecule has 0 aliphatic carbocycles. The Morgan fingerprint density at radius 3 is 2.08 bits per heavy atom. The minimum absolute atomic E-state index is 0.183. The van der Waals surface area contributed by atoms with E-state index in [1.54, 1.807) is 0 Å². The molecule has 3 N–H and O–H groups in total. The van der Waals surface area contributed by atoms with Crippen LogP contribution in [0.4, 0.5) is 0 Å². The summed E-state index contributed by atoms with van der Waals surface area (Å²) >= 11 is 0. The molecule has 0 aromatic carbocycles. The van der Waals surface area contributed by atoms with E-state index in [4.69, 9.17) is 10.2 Å². The van der Waals surface area contributed by atoms with Gasteiger partial charge in [0.1, 0.15) is 0 Å². The highest BCUT2D eigenvalue weighted by atomic mass is 16.3. The van der Waals surface area contributed by atoms with Gasteiger partial charge in [0.05, 0.1) is 18.8 Å². The van der Waals surface area contributed by atoms with Crippen LogP contribution < -0.4 is 0 Å². The summed E-state index contributed by atoms with van der Waals surface area (Å²) in [4.78, 5) is 0. The summed E-state index contributed by atoms with van der Waals surface area (Å²) in [6.07, 6.45) is 1.14. The number of hydrogen-bond acceptors (Lipinski definition) is 3. The van der Waals surface area contributed by atoms with Crippen LogP contribution in [0.25, 0.3) is 0 Å². The molecule has 0 aliphatic heterocycles. The first-order valence-corrected chi connectivity index (χ1v) is 4.55. The summed E-state index contributed by atoms with van der Waals surface area (Å²) < 4.78 is 0. The van der Waals surface area contributed by atoms with Crippen molar-refractivity contribution in [1.29, 1.82) is 0 Å². The Bertz CT molecular complexity index is 104. The minimum atomic E-state index is -0.621. The van der Waals surface area contributed by atoms with Crippen LogP contribution in [-0.4, -0.2) is 34.1 Å². The Balaban J connectivity index is 3.30. The maximum Gasteiger partial charge on any atom is 0.0771 e. The fourth-order valence-corrected chi connectivity index (χ4v) is 0.987. The predicted molar refractivity (Wildman–Crippen MR) is 47.8 cm³/mol. The summed E-state index contributed by atoms with van der Waals surface area (Å²) in [5, 5.41) is 26.8. The van der Waals surface area contributed by atoms with Gasteiger partial charge in [-0.2, -0.15) is 0 Å². The second-order valence-corrected chi connectivity index (χ2v) is 3.58. The van der Waals surface area contributed by atoms with Gasteiger partial charge in [-0.15, -0.1) is 0 Å². The van der Waals surface area contributed by atoms with Gasteiger partial charge in [-0.1, -0.05) is 13.8 Å². The molecule has 2 atom stereocenters. The molecule has 0 aromatic heterocycles. The molecule has 0 spiro atoms. The Labute approximate surface area is 74.0 Å². The van der Waals surface area contributed by atoms with E-state index in [0.717, 1.165) is 6.42 Å². The van der Waals surface area contributed by atoms with Gasteiger partial charge in [-0.25, -0.2) is 0 Å². The zero-order valence-electron chi connectivity index (χ0n) is 7.90. The average Bonchev–Trinajstić information content (AvgIpc) is 2.03. The van der Waals surface area contributed by atoms with Crippen LogP contribution in [0.5, 0.6) is 0 Å². The normalized spacial score (nSPS) is 16.5. The van der Waals surface area contributed by atoms with Gasteiger partial charge >= 0.3 is 0 Å². The van der Waals surface area contributed by atoms with Gasteiger partial charge in [0, 0.05) is 0 Å². The molecule has 0 fully saturated rings. The smallest absolute Gasteiger partial charge is 0.0771 e. The molecule has 0 saturated carbocycles. The number of aliphatic hydroxyl groups is 3. The minimum Gasteiger partial charge on any atom is -0.394 e. The van der Waals surface area contributed by atoms with Gasteiger partial charge in [0.15, 0.2) is 0 Å². The maximum absolute atomic E-state index is 9.37. The molecule has 12 heavy (non-hydrogen) atoms. The molecule has 3 heteroatoms. The van der Waals surface area contributed by atoms with Crippen molar-refractivity contribution >= 4 is 0 Å². The van der Waals surface area contributed by atoms with Gasteiger partial charge < -0.3 is 15.3 Å². The molecule has 0 rings (SSSR count). The highest BCUT2D eigenvalue weighted by Gasteiger charge is 2.09. The molecule has 0 heterocycles. The fraction of sp³-hybridized carbons (Fsp3) is 1.00. The lowest BCUT2D eigenvalue weighted by Gasteiger charge is -2.14. The fourth-order valence-electron chi connectivity index (χ4n) is 0.987. The van der Waals surface area contributed by atoms with E-state index >= 15 is 0 Å². The van der Waals surface area contributed by atoms with Gasteiger partial charge in [0.2, 0.25) is 0 Å². The van der Waals surface area contributed by atoms with E-state index in [2.05, 4.69) is 0 Å². The molecule has 0 bridgehead atoms. The van der Waals surface area contributed by atoms with E-state index in [9.17, 15) is 5.11 Å². The zero-order chi connectivity index (χ0) is 9.56. The Kier molecular flexibility index (Phi) is 6.34. The van der Waals surface area contributed by atoms with E-state index < -0.39 is 6.10 Å². The lowest BCUT2D eigenvalue weighted by molar-refractivity contribution is 0.0733. The summed E-state index contributed by atoms with van der Waals surface area (Å²) in [6, 6.07) is 0. The van der Waals surface area contributed by atoms with Crippen molar-refractivity contribution in [1.82, 2.24) is 0 Å². The van der Waals surface area contributed by atoms with E-state index in [-0.39, 0.29) is 18.6 Å². The number of rotatable bonds is 6. The third kappa shape index (κ3) is 5.52. The van der Waals surface area contributed by atoms with Crippen molar-refractivity contribution < 1.29 is 15.3 Å². The van der Waals surface area contributed by atoms with Crippen molar-refractivity contribution in [2.75, 3.05) is 6.61 Å². The highest BCUT2D eigenvalue weighted by Crippen LogP contribution is 2.10. The quantitative estimate of drug-likeness (QED) is 0.553. The third-order valence-electron chi connectivity index (χ3n) is 2.02. The summed E-state index contributed by atoms with van der Waals surface area (Å²) in [7, 11) is 0. The molecule has 0 aliphatic rings. The molecule has 74 valence electrons. The Morgan fingerprint density at radius 1 is 1.08 bits per heavy atom. The SMILES string of the molecule is CC(C)C(O)CCCC(O)CO. The second kappa shape index (κ2) is 6.40. The number of hydrogen-bond donors (Lipinski definition) is 3. The van der Waals surface area contributed by atoms with Crippen molar-refractivity contribution in [3.05, 3.63) is 0 Å². The second-order valence-electron chi connectivity index (χ2n) is 3.58. The van der Waals surface area contributed by atoms with E-state index in [1.165, 1.54) is 0 Å². The molecule has 0 amide bonds. The van der Waals surface area contributed by atoms with Gasteiger partial charge in [-0.3, -0.25) is 0 Å². The molecule has 3 nitrogen and oxygen atoms in total. The maximum atomic E-state index is 9.37. The van der Waals surface area contributed by atoms with E-state index in [1.807, 2.05) is 13.8 Å². The van der Waals surface area contributed by atoms with Crippen LogP contribution in [0.15, 0.2) is 0 Å². The van der Waals surface area contributed by atoms with Crippen LogP contribution in [-0.2, 0) is 0 Å². The molecule has 2 unspecified atom stereocenters. The lowest BCUT2D eigenvalue weighted by atomic mass is 10.0. The van der Waals surface area contributed by atoms with Crippen molar-refractivity contribution in [3.8, 4) is 0 Å². The monoisotopic (exact) mass is 176 g/mol. The summed E-state index contributed by atoms with van der Waals surface area (Å²) in [5.41, 5.74) is 0. The highest BCUT2D eigenvalue weighted by molar-refractivity contribution is 4.61. The number of aliphatic hydroxyl groups excluding tert-OH is 3. The van der Waals surface area contributed by atoms with Crippen LogP contribution in [0, 0.1) is 5.92 Å². The third-order valence-corrected chi connectivity index (χ3v) is 2.02.